The van der Waals surface area contributed by atoms with Gasteiger partial charge in [0.25, 0.3) is 0 Å². The third-order valence-corrected chi connectivity index (χ3v) is 4.44. The highest BCUT2D eigenvalue weighted by molar-refractivity contribution is 6.38. The van der Waals surface area contributed by atoms with Crippen molar-refractivity contribution in [3.05, 3.63) is 62.4 Å². The molecule has 0 amide bonds. The number of halogens is 5. The summed E-state index contributed by atoms with van der Waals surface area (Å²) in [7, 11) is 1.32. The van der Waals surface area contributed by atoms with Crippen LogP contribution in [0.25, 0.3) is 16.6 Å². The number of fused-ring (bicyclic) bond motifs is 1. The van der Waals surface area contributed by atoms with E-state index in [2.05, 4.69) is 5.32 Å². The average Bonchev–Trinajstić information content (AvgIpc) is 2.64. The molecule has 11 heteroatoms. The number of aromatic carboxylic acids is 1. The highest BCUT2D eigenvalue weighted by Gasteiger charge is 2.25. The van der Waals surface area contributed by atoms with Crippen LogP contribution in [0.1, 0.15) is 10.4 Å². The maximum absolute atomic E-state index is 14.4. The van der Waals surface area contributed by atoms with Crippen LogP contribution >= 0.6 is 11.6 Å². The van der Waals surface area contributed by atoms with Crippen molar-refractivity contribution in [1.29, 1.82) is 0 Å². The molecule has 0 bridgehead atoms. The number of hydrogen-bond donors (Lipinski definition) is 3. The van der Waals surface area contributed by atoms with Gasteiger partial charge in [0.2, 0.25) is 5.43 Å². The molecule has 0 radical (unpaired) electrons. The fraction of sp³-hybridized carbons (Fsp3) is 0.0588. The van der Waals surface area contributed by atoms with E-state index in [9.17, 15) is 32.3 Å². The smallest absolute Gasteiger partial charge is 0.341 e. The van der Waals surface area contributed by atoms with Crippen molar-refractivity contribution in [3.8, 4) is 5.69 Å². The second-order valence-corrected chi connectivity index (χ2v) is 6.05. The molecule has 1 aromatic heterocycles. The van der Waals surface area contributed by atoms with E-state index in [4.69, 9.17) is 17.3 Å². The Labute approximate surface area is 158 Å². The van der Waals surface area contributed by atoms with E-state index in [0.717, 1.165) is 0 Å². The minimum atomic E-state index is -1.91. The number of nitrogens with two attached hydrogens (primary N) is 1. The molecule has 4 N–H and O–H groups in total. The van der Waals surface area contributed by atoms with E-state index >= 15 is 0 Å². The number of carboxylic acid groups (broad SMARTS) is 1. The molecule has 0 spiro atoms. The molecule has 28 heavy (non-hydrogen) atoms. The minimum Gasteiger partial charge on any atom is -0.477 e. The van der Waals surface area contributed by atoms with E-state index in [0.29, 0.717) is 22.9 Å². The van der Waals surface area contributed by atoms with Gasteiger partial charge in [-0.3, -0.25) is 4.79 Å². The van der Waals surface area contributed by atoms with Crippen molar-refractivity contribution in [2.75, 3.05) is 18.1 Å². The van der Waals surface area contributed by atoms with Gasteiger partial charge in [0.15, 0.2) is 17.5 Å². The van der Waals surface area contributed by atoms with E-state index in [-0.39, 0.29) is 11.2 Å². The Morgan fingerprint density at radius 2 is 1.82 bits per heavy atom. The molecular formula is C17H10ClF4N3O3. The van der Waals surface area contributed by atoms with Gasteiger partial charge in [-0.1, -0.05) is 11.6 Å². The van der Waals surface area contributed by atoms with Gasteiger partial charge in [0.05, 0.1) is 33.0 Å². The Hall–Kier alpha value is -3.27. The maximum Gasteiger partial charge on any atom is 0.341 e. The zero-order chi connectivity index (χ0) is 20.9. The Bertz CT molecular complexity index is 1230. The van der Waals surface area contributed by atoms with Gasteiger partial charge in [0, 0.05) is 13.2 Å². The van der Waals surface area contributed by atoms with Crippen molar-refractivity contribution in [2.24, 2.45) is 0 Å². The fourth-order valence-corrected chi connectivity index (χ4v) is 3.15. The first-order valence-corrected chi connectivity index (χ1v) is 7.89. The standard InChI is InChI=1S/C17H10ClF4N3O3/c1-24-14-7(19)2-5-15(10(14)18)25(4-6(16(5)26)17(27)28)9-3-8(23)11(20)13(22)12(9)21/h2-4,24H,23H2,1H3,(H,27,28). The highest BCUT2D eigenvalue weighted by atomic mass is 35.5. The number of carboxylic acids is 1. The summed E-state index contributed by atoms with van der Waals surface area (Å²) in [6.07, 6.45) is 0.672. The van der Waals surface area contributed by atoms with Crippen LogP contribution in [0, 0.1) is 23.3 Å². The number of carbonyl (C=O) groups is 1. The molecule has 3 aromatic rings. The molecule has 0 saturated heterocycles. The zero-order valence-corrected chi connectivity index (χ0v) is 14.7. The third kappa shape index (κ3) is 2.73. The summed E-state index contributed by atoms with van der Waals surface area (Å²) in [6.45, 7) is 0. The van der Waals surface area contributed by atoms with Crippen LogP contribution in [-0.2, 0) is 0 Å². The van der Waals surface area contributed by atoms with Crippen molar-refractivity contribution < 1.29 is 27.5 Å². The van der Waals surface area contributed by atoms with Crippen LogP contribution in [-0.4, -0.2) is 22.7 Å². The van der Waals surface area contributed by atoms with Crippen LogP contribution < -0.4 is 16.5 Å². The molecule has 0 aliphatic rings. The van der Waals surface area contributed by atoms with Crippen molar-refractivity contribution in [1.82, 2.24) is 4.57 Å². The first-order valence-electron chi connectivity index (χ1n) is 7.51. The number of rotatable bonds is 3. The number of hydrogen-bond acceptors (Lipinski definition) is 4. The summed E-state index contributed by atoms with van der Waals surface area (Å²) >= 11 is 6.14. The van der Waals surface area contributed by atoms with E-state index in [1.165, 1.54) is 7.05 Å². The lowest BCUT2D eigenvalue weighted by atomic mass is 10.1. The fourth-order valence-electron chi connectivity index (χ4n) is 2.77. The van der Waals surface area contributed by atoms with E-state index in [1.54, 1.807) is 0 Å². The first kappa shape index (κ1) is 19.5. The molecule has 1 heterocycles. The molecule has 0 unspecified atom stereocenters. The van der Waals surface area contributed by atoms with Gasteiger partial charge in [-0.15, -0.1) is 0 Å². The van der Waals surface area contributed by atoms with Gasteiger partial charge >= 0.3 is 5.97 Å². The Morgan fingerprint density at radius 1 is 1.18 bits per heavy atom. The lowest BCUT2D eigenvalue weighted by molar-refractivity contribution is 0.0695. The lowest BCUT2D eigenvalue weighted by Gasteiger charge is -2.17. The van der Waals surface area contributed by atoms with Gasteiger partial charge in [0.1, 0.15) is 11.4 Å². The lowest BCUT2D eigenvalue weighted by Crippen LogP contribution is -2.20. The molecule has 0 aliphatic carbocycles. The van der Waals surface area contributed by atoms with E-state index < -0.39 is 62.0 Å². The molecule has 0 aliphatic heterocycles. The maximum atomic E-state index is 14.4. The molecule has 0 saturated carbocycles. The molecule has 0 atom stereocenters. The van der Waals surface area contributed by atoms with Gasteiger partial charge in [-0.25, -0.2) is 22.4 Å². The monoisotopic (exact) mass is 415 g/mol. The van der Waals surface area contributed by atoms with Gasteiger partial charge in [-0.2, -0.15) is 0 Å². The largest absolute Gasteiger partial charge is 0.477 e. The van der Waals surface area contributed by atoms with Crippen molar-refractivity contribution in [3.63, 3.8) is 0 Å². The van der Waals surface area contributed by atoms with Crippen molar-refractivity contribution in [2.45, 2.75) is 0 Å². The van der Waals surface area contributed by atoms with Crippen LogP contribution in [0.3, 0.4) is 0 Å². The summed E-state index contributed by atoms with van der Waals surface area (Å²) in [5.74, 6) is -7.94. The van der Waals surface area contributed by atoms with Crippen LogP contribution in [0.15, 0.2) is 23.1 Å². The topological polar surface area (TPSA) is 97.4 Å². The van der Waals surface area contributed by atoms with Gasteiger partial charge < -0.3 is 20.7 Å². The molecule has 146 valence electrons. The summed E-state index contributed by atoms with van der Waals surface area (Å²) < 4.78 is 56.8. The van der Waals surface area contributed by atoms with Crippen LogP contribution in [0.4, 0.5) is 28.9 Å². The van der Waals surface area contributed by atoms with E-state index in [1.807, 2.05) is 0 Å². The molecule has 2 aromatic carbocycles. The van der Waals surface area contributed by atoms with Crippen LogP contribution in [0.5, 0.6) is 0 Å². The number of pyridine rings is 1. The van der Waals surface area contributed by atoms with Crippen LogP contribution in [0.2, 0.25) is 5.02 Å². The number of nitrogen functional groups attached to an aromatic ring is 1. The van der Waals surface area contributed by atoms with Gasteiger partial charge in [-0.05, 0) is 12.1 Å². The number of anilines is 2. The predicted octanol–water partition coefficient (Wildman–Crippen LogP) is 3.52. The third-order valence-electron chi connectivity index (χ3n) is 4.08. The SMILES string of the molecule is CNc1c(F)cc2c(=O)c(C(=O)O)cn(-c3cc(N)c(F)c(F)c3F)c2c1Cl. The van der Waals surface area contributed by atoms with Crippen molar-refractivity contribution >= 4 is 39.8 Å². The first-order chi connectivity index (χ1) is 13.1. The highest BCUT2D eigenvalue weighted by Crippen LogP contribution is 2.35. The quantitative estimate of drug-likeness (QED) is 0.345. The normalized spacial score (nSPS) is 11.1. The number of benzene rings is 2. The number of nitrogens with one attached hydrogen (secondary N) is 1. The summed E-state index contributed by atoms with van der Waals surface area (Å²) in [6, 6.07) is 1.40. The minimum absolute atomic E-state index is 0.277. The molecule has 3 rings (SSSR count). The second-order valence-electron chi connectivity index (χ2n) is 5.67. The molecule has 6 nitrogen and oxygen atoms in total. The summed E-state index contributed by atoms with van der Waals surface area (Å²) in [5, 5.41) is 10.8. The summed E-state index contributed by atoms with van der Waals surface area (Å²) in [4.78, 5) is 23.8. The molecular weight excluding hydrogens is 406 g/mol. The zero-order valence-electron chi connectivity index (χ0n) is 13.9. The molecule has 0 fully saturated rings. The Morgan fingerprint density at radius 3 is 2.39 bits per heavy atom. The Kier molecular flexibility index (Phi) is 4.67. The summed E-state index contributed by atoms with van der Waals surface area (Å²) in [5.41, 5.74) is 1.27. The number of nitrogens with zero attached hydrogens (tertiary/aromatic N) is 1. The second kappa shape index (κ2) is 6.71. The average molecular weight is 416 g/mol. The Balaban J connectivity index is 2.62. The predicted molar refractivity (Wildman–Crippen MR) is 95.3 cm³/mol. The number of aromatic nitrogens is 1.